The minimum Gasteiger partial charge on any atom is -0.372 e. The average Bonchev–Trinajstić information content (AvgIpc) is 2.33. The van der Waals surface area contributed by atoms with Gasteiger partial charge in [0.2, 0.25) is 0 Å². The van der Waals surface area contributed by atoms with Crippen molar-refractivity contribution in [2.45, 2.75) is 19.8 Å². The molecule has 0 fully saturated rings. The van der Waals surface area contributed by atoms with Gasteiger partial charge in [-0.15, -0.1) is 0 Å². The fraction of sp³-hybridized carbons (Fsp3) is 0.556. The Morgan fingerprint density at radius 1 is 1.30 bits per heavy atom. The van der Waals surface area contributed by atoms with Crippen molar-refractivity contribution in [1.29, 1.82) is 0 Å². The molecule has 0 aromatic carbocycles. The predicted molar refractivity (Wildman–Crippen MR) is 40.8 cm³/mol. The number of ether oxygens (including phenoxy) is 1. The van der Waals surface area contributed by atoms with Crippen LogP contribution in [0.25, 0.3) is 0 Å². The van der Waals surface area contributed by atoms with Crippen LogP contribution in [0.4, 0.5) is 0 Å². The van der Waals surface area contributed by atoms with Crippen molar-refractivity contribution < 1.29 is 4.74 Å². The summed E-state index contributed by atoms with van der Waals surface area (Å²) in [5.74, 6) is 0. The highest BCUT2D eigenvalue weighted by Gasteiger charge is 2.16. The van der Waals surface area contributed by atoms with Crippen LogP contribution < -0.4 is 0 Å². The van der Waals surface area contributed by atoms with E-state index in [9.17, 15) is 0 Å². The molecule has 0 unspecified atom stereocenters. The zero-order valence-electron chi connectivity index (χ0n) is 6.31. The van der Waals surface area contributed by atoms with Crippen LogP contribution in [0.1, 0.15) is 19.8 Å². The van der Waals surface area contributed by atoms with Gasteiger partial charge in [-0.1, -0.05) is 11.6 Å². The number of rotatable bonds is 0. The minimum absolute atomic E-state index is 0.854. The fourth-order valence-corrected chi connectivity index (χ4v) is 1.57. The lowest BCUT2D eigenvalue weighted by Gasteiger charge is -2.09. The summed E-state index contributed by atoms with van der Waals surface area (Å²) in [6, 6.07) is 0. The monoisotopic (exact) mass is 136 g/mol. The van der Waals surface area contributed by atoms with Crippen molar-refractivity contribution in [3.05, 3.63) is 22.8 Å². The van der Waals surface area contributed by atoms with Crippen LogP contribution >= 0.6 is 0 Å². The highest BCUT2D eigenvalue weighted by molar-refractivity contribution is 5.35. The Balaban J connectivity index is 2.29. The maximum Gasteiger partial charge on any atom is 0.0721 e. The van der Waals surface area contributed by atoms with Gasteiger partial charge < -0.3 is 4.74 Å². The third-order valence-electron chi connectivity index (χ3n) is 2.23. The van der Waals surface area contributed by atoms with Crippen LogP contribution in [0, 0.1) is 0 Å². The van der Waals surface area contributed by atoms with E-state index in [-0.39, 0.29) is 0 Å². The average molecular weight is 136 g/mol. The van der Waals surface area contributed by atoms with Crippen molar-refractivity contribution in [3.8, 4) is 0 Å². The van der Waals surface area contributed by atoms with Crippen molar-refractivity contribution in [2.75, 3.05) is 13.2 Å². The SMILES string of the molecule is CC1=CC2=C(CC1)COC2. The lowest BCUT2D eigenvalue weighted by molar-refractivity contribution is 0.204. The molecular formula is C9H12O. The van der Waals surface area contributed by atoms with Crippen LogP contribution in [-0.4, -0.2) is 13.2 Å². The molecule has 1 heteroatoms. The fourth-order valence-electron chi connectivity index (χ4n) is 1.57. The van der Waals surface area contributed by atoms with Gasteiger partial charge >= 0.3 is 0 Å². The van der Waals surface area contributed by atoms with Crippen LogP contribution in [-0.2, 0) is 4.74 Å². The molecule has 1 nitrogen and oxygen atoms in total. The van der Waals surface area contributed by atoms with E-state index in [0.29, 0.717) is 0 Å². The van der Waals surface area contributed by atoms with Crippen molar-refractivity contribution >= 4 is 0 Å². The van der Waals surface area contributed by atoms with Crippen molar-refractivity contribution in [1.82, 2.24) is 0 Å². The van der Waals surface area contributed by atoms with E-state index >= 15 is 0 Å². The summed E-state index contributed by atoms with van der Waals surface area (Å²) in [4.78, 5) is 0. The Kier molecular flexibility index (Phi) is 1.38. The predicted octanol–water partition coefficient (Wildman–Crippen LogP) is 2.05. The summed E-state index contributed by atoms with van der Waals surface area (Å²) in [6.45, 7) is 3.94. The Morgan fingerprint density at radius 3 is 3.10 bits per heavy atom. The molecule has 0 saturated carbocycles. The summed E-state index contributed by atoms with van der Waals surface area (Å²) < 4.78 is 5.32. The Morgan fingerprint density at radius 2 is 2.20 bits per heavy atom. The molecule has 54 valence electrons. The van der Waals surface area contributed by atoms with E-state index in [2.05, 4.69) is 13.0 Å². The van der Waals surface area contributed by atoms with E-state index in [0.717, 1.165) is 13.2 Å². The van der Waals surface area contributed by atoms with Crippen LogP contribution in [0.15, 0.2) is 22.8 Å². The molecule has 10 heavy (non-hydrogen) atoms. The second kappa shape index (κ2) is 2.24. The molecule has 2 aliphatic rings. The molecular weight excluding hydrogens is 124 g/mol. The van der Waals surface area contributed by atoms with Crippen LogP contribution in [0.3, 0.4) is 0 Å². The Hall–Kier alpha value is -0.560. The molecule has 0 aromatic rings. The molecule has 1 aliphatic heterocycles. The highest BCUT2D eigenvalue weighted by Crippen LogP contribution is 2.27. The molecule has 0 amide bonds. The number of hydrogen-bond acceptors (Lipinski definition) is 1. The first kappa shape index (κ1) is 6.17. The lowest BCUT2D eigenvalue weighted by Crippen LogP contribution is -1.94. The molecule has 0 saturated heterocycles. The number of allylic oxidation sites excluding steroid dienone is 1. The lowest BCUT2D eigenvalue weighted by atomic mass is 9.95. The summed E-state index contributed by atoms with van der Waals surface area (Å²) >= 11 is 0. The largest absolute Gasteiger partial charge is 0.372 e. The molecule has 0 spiro atoms. The minimum atomic E-state index is 0.854. The topological polar surface area (TPSA) is 9.23 Å². The van der Waals surface area contributed by atoms with Gasteiger partial charge in [0.15, 0.2) is 0 Å². The van der Waals surface area contributed by atoms with Gasteiger partial charge in [0.25, 0.3) is 0 Å². The molecule has 0 aromatic heterocycles. The van der Waals surface area contributed by atoms with Gasteiger partial charge in [-0.2, -0.15) is 0 Å². The second-order valence-corrected chi connectivity index (χ2v) is 3.11. The van der Waals surface area contributed by atoms with Gasteiger partial charge in [-0.05, 0) is 30.9 Å². The summed E-state index contributed by atoms with van der Waals surface area (Å²) in [6.07, 6.45) is 4.76. The normalized spacial score (nSPS) is 24.7. The van der Waals surface area contributed by atoms with Gasteiger partial charge in [0.1, 0.15) is 0 Å². The van der Waals surface area contributed by atoms with Gasteiger partial charge in [-0.25, -0.2) is 0 Å². The highest BCUT2D eigenvalue weighted by atomic mass is 16.5. The van der Waals surface area contributed by atoms with E-state index in [1.54, 1.807) is 0 Å². The maximum atomic E-state index is 5.32. The first-order valence-electron chi connectivity index (χ1n) is 3.82. The molecule has 1 heterocycles. The van der Waals surface area contributed by atoms with Crippen molar-refractivity contribution in [3.63, 3.8) is 0 Å². The molecule has 1 aliphatic carbocycles. The quantitative estimate of drug-likeness (QED) is 0.495. The molecule has 0 radical (unpaired) electrons. The Labute approximate surface area is 61.4 Å². The number of hydrogen-bond donors (Lipinski definition) is 0. The first-order chi connectivity index (χ1) is 4.86. The Bertz CT molecular complexity index is 211. The third kappa shape index (κ3) is 0.907. The standard InChI is InChI=1S/C9H12O/c1-7-2-3-8-5-10-6-9(8)4-7/h4H,2-3,5-6H2,1H3. The van der Waals surface area contributed by atoms with Gasteiger partial charge in [0.05, 0.1) is 13.2 Å². The maximum absolute atomic E-state index is 5.32. The molecule has 0 N–H and O–H groups in total. The summed E-state index contributed by atoms with van der Waals surface area (Å²) in [7, 11) is 0. The van der Waals surface area contributed by atoms with E-state index in [4.69, 9.17) is 4.74 Å². The van der Waals surface area contributed by atoms with E-state index < -0.39 is 0 Å². The smallest absolute Gasteiger partial charge is 0.0721 e. The van der Waals surface area contributed by atoms with E-state index in [1.165, 1.54) is 29.6 Å². The second-order valence-electron chi connectivity index (χ2n) is 3.11. The van der Waals surface area contributed by atoms with Crippen LogP contribution in [0.5, 0.6) is 0 Å². The molecule has 0 atom stereocenters. The zero-order valence-corrected chi connectivity index (χ0v) is 6.31. The first-order valence-corrected chi connectivity index (χ1v) is 3.82. The van der Waals surface area contributed by atoms with Gasteiger partial charge in [-0.3, -0.25) is 0 Å². The summed E-state index contributed by atoms with van der Waals surface area (Å²) in [5.41, 5.74) is 4.48. The molecule has 2 rings (SSSR count). The van der Waals surface area contributed by atoms with Gasteiger partial charge in [0, 0.05) is 0 Å². The molecule has 0 bridgehead atoms. The van der Waals surface area contributed by atoms with Crippen molar-refractivity contribution in [2.24, 2.45) is 0 Å². The van der Waals surface area contributed by atoms with Crippen LogP contribution in [0.2, 0.25) is 0 Å². The zero-order chi connectivity index (χ0) is 6.97. The third-order valence-corrected chi connectivity index (χ3v) is 2.23. The van der Waals surface area contributed by atoms with E-state index in [1.807, 2.05) is 0 Å². The summed E-state index contributed by atoms with van der Waals surface area (Å²) in [5, 5.41) is 0.